The van der Waals surface area contributed by atoms with E-state index in [1.54, 1.807) is 24.6 Å². The molecule has 0 saturated heterocycles. The quantitative estimate of drug-likeness (QED) is 0.549. The van der Waals surface area contributed by atoms with Crippen LogP contribution in [0.25, 0.3) is 21.5 Å². The minimum Gasteiger partial charge on any atom is -0.497 e. The van der Waals surface area contributed by atoms with Crippen molar-refractivity contribution in [3.05, 3.63) is 71.4 Å². The highest BCUT2D eigenvalue weighted by atomic mass is 32.1. The van der Waals surface area contributed by atoms with Gasteiger partial charge in [0.2, 0.25) is 0 Å². The highest BCUT2D eigenvalue weighted by Crippen LogP contribution is 2.25. The molecule has 2 heterocycles. The predicted octanol–water partition coefficient (Wildman–Crippen LogP) is 4.93. The molecule has 4 rings (SSSR count). The smallest absolute Gasteiger partial charge is 0.257 e. The lowest BCUT2D eigenvalue weighted by Crippen LogP contribution is -2.14. The van der Waals surface area contributed by atoms with Crippen LogP contribution in [0.1, 0.15) is 16.1 Å². The molecule has 4 aromatic rings. The zero-order chi connectivity index (χ0) is 18.8. The molecule has 0 aliphatic rings. The monoisotopic (exact) mass is 375 g/mol. The van der Waals surface area contributed by atoms with E-state index in [0.29, 0.717) is 11.3 Å². The van der Waals surface area contributed by atoms with Gasteiger partial charge in [-0.25, -0.2) is 4.98 Å². The number of nitrogens with zero attached hydrogens (tertiary/aromatic N) is 2. The maximum absolute atomic E-state index is 12.7. The van der Waals surface area contributed by atoms with Crippen LogP contribution in [0.4, 0.5) is 5.69 Å². The number of ether oxygens (including phenoxy) is 1. The number of amides is 1. The first kappa shape index (κ1) is 17.2. The van der Waals surface area contributed by atoms with Crippen molar-refractivity contribution in [2.75, 3.05) is 12.4 Å². The van der Waals surface area contributed by atoms with E-state index in [9.17, 15) is 4.79 Å². The third-order valence-corrected chi connectivity index (χ3v) is 5.10. The molecule has 0 fully saturated rings. The van der Waals surface area contributed by atoms with Gasteiger partial charge in [-0.1, -0.05) is 0 Å². The second-order valence-electron chi connectivity index (χ2n) is 6.05. The zero-order valence-electron chi connectivity index (χ0n) is 14.9. The Kier molecular flexibility index (Phi) is 4.56. The van der Waals surface area contributed by atoms with Crippen LogP contribution >= 0.6 is 11.3 Å². The second-order valence-corrected chi connectivity index (χ2v) is 6.94. The van der Waals surface area contributed by atoms with Gasteiger partial charge in [-0.05, 0) is 49.4 Å². The highest BCUT2D eigenvalue weighted by molar-refractivity contribution is 7.13. The van der Waals surface area contributed by atoms with Crippen molar-refractivity contribution in [2.24, 2.45) is 0 Å². The summed E-state index contributed by atoms with van der Waals surface area (Å²) in [6.07, 6.45) is 1.78. The SMILES string of the molecule is COc1ccc2cc(C(=O)Nc3ccc(-c4nccs4)cc3)c(C)nc2c1. The first-order chi connectivity index (χ1) is 13.1. The number of carbonyl (C=O) groups excluding carboxylic acids is 1. The molecule has 0 bridgehead atoms. The van der Waals surface area contributed by atoms with Crippen molar-refractivity contribution >= 4 is 33.8 Å². The standard InChI is InChI=1S/C21H17N3O2S/c1-13-18(11-15-5-8-17(26-2)12-19(15)23-13)20(25)24-16-6-3-14(4-7-16)21-22-9-10-27-21/h3-12H,1-2H3,(H,24,25). The molecule has 2 aromatic heterocycles. The lowest BCUT2D eigenvalue weighted by Gasteiger charge is -2.10. The average Bonchev–Trinajstić information content (AvgIpc) is 3.22. The fraction of sp³-hybridized carbons (Fsp3) is 0.0952. The lowest BCUT2D eigenvalue weighted by molar-refractivity contribution is 0.102. The van der Waals surface area contributed by atoms with Gasteiger partial charge in [0.05, 0.1) is 23.9 Å². The number of fused-ring (bicyclic) bond motifs is 1. The third-order valence-electron chi connectivity index (χ3n) is 4.28. The fourth-order valence-electron chi connectivity index (χ4n) is 2.86. The first-order valence-corrected chi connectivity index (χ1v) is 9.29. The van der Waals surface area contributed by atoms with Gasteiger partial charge >= 0.3 is 0 Å². The van der Waals surface area contributed by atoms with E-state index in [4.69, 9.17) is 4.74 Å². The van der Waals surface area contributed by atoms with Gasteiger partial charge < -0.3 is 10.1 Å². The Morgan fingerprint density at radius 1 is 1.11 bits per heavy atom. The van der Waals surface area contributed by atoms with Gasteiger partial charge in [0.25, 0.3) is 5.91 Å². The van der Waals surface area contributed by atoms with Gasteiger partial charge in [-0.3, -0.25) is 9.78 Å². The lowest BCUT2D eigenvalue weighted by atomic mass is 10.1. The van der Waals surface area contributed by atoms with Crippen LogP contribution in [0.5, 0.6) is 5.75 Å². The molecule has 1 amide bonds. The summed E-state index contributed by atoms with van der Waals surface area (Å²) >= 11 is 1.58. The van der Waals surface area contributed by atoms with Crippen LogP contribution in [0, 0.1) is 6.92 Å². The second kappa shape index (κ2) is 7.17. The number of carbonyl (C=O) groups is 1. The summed E-state index contributed by atoms with van der Waals surface area (Å²) in [6, 6.07) is 15.1. The van der Waals surface area contributed by atoms with E-state index in [-0.39, 0.29) is 5.91 Å². The maximum Gasteiger partial charge on any atom is 0.257 e. The molecule has 0 saturated carbocycles. The molecule has 2 aromatic carbocycles. The molecule has 134 valence electrons. The number of hydrogen-bond acceptors (Lipinski definition) is 5. The van der Waals surface area contributed by atoms with Gasteiger partial charge in [-0.2, -0.15) is 0 Å². The van der Waals surface area contributed by atoms with Crippen molar-refractivity contribution in [2.45, 2.75) is 6.92 Å². The van der Waals surface area contributed by atoms with Crippen molar-refractivity contribution in [1.29, 1.82) is 0 Å². The zero-order valence-corrected chi connectivity index (χ0v) is 15.7. The maximum atomic E-state index is 12.7. The van der Waals surface area contributed by atoms with Gasteiger partial charge in [0.15, 0.2) is 0 Å². The topological polar surface area (TPSA) is 64.1 Å². The number of nitrogens with one attached hydrogen (secondary N) is 1. The van der Waals surface area contributed by atoms with Crippen LogP contribution in [0.3, 0.4) is 0 Å². The summed E-state index contributed by atoms with van der Waals surface area (Å²) in [6.45, 7) is 1.83. The molecule has 1 N–H and O–H groups in total. The highest BCUT2D eigenvalue weighted by Gasteiger charge is 2.13. The Balaban J connectivity index is 1.58. The third kappa shape index (κ3) is 3.52. The fourth-order valence-corrected chi connectivity index (χ4v) is 3.51. The summed E-state index contributed by atoms with van der Waals surface area (Å²) in [5.41, 5.74) is 3.79. The predicted molar refractivity (Wildman–Crippen MR) is 109 cm³/mol. The van der Waals surface area contributed by atoms with Gasteiger partial charge in [-0.15, -0.1) is 11.3 Å². The number of rotatable bonds is 4. The molecule has 6 heteroatoms. The first-order valence-electron chi connectivity index (χ1n) is 8.41. The van der Waals surface area contributed by atoms with E-state index in [1.165, 1.54) is 0 Å². The Bertz CT molecular complexity index is 1110. The van der Waals surface area contributed by atoms with Crippen molar-refractivity contribution in [3.8, 4) is 16.3 Å². The van der Waals surface area contributed by atoms with Crippen LogP contribution in [-0.2, 0) is 0 Å². The normalized spacial score (nSPS) is 10.7. The molecule has 0 aliphatic carbocycles. The molecular formula is C21H17N3O2S. The van der Waals surface area contributed by atoms with Gasteiger partial charge in [0.1, 0.15) is 10.8 Å². The number of benzene rings is 2. The van der Waals surface area contributed by atoms with E-state index in [2.05, 4.69) is 15.3 Å². The summed E-state index contributed by atoms with van der Waals surface area (Å²) in [5.74, 6) is 0.562. The summed E-state index contributed by atoms with van der Waals surface area (Å²) in [4.78, 5) is 21.6. The minimum absolute atomic E-state index is 0.181. The van der Waals surface area contributed by atoms with E-state index >= 15 is 0 Å². The van der Waals surface area contributed by atoms with Gasteiger partial charge in [0, 0.05) is 34.3 Å². The molecule has 0 unspecified atom stereocenters. The van der Waals surface area contributed by atoms with Crippen molar-refractivity contribution in [3.63, 3.8) is 0 Å². The minimum atomic E-state index is -0.181. The van der Waals surface area contributed by atoms with Crippen molar-refractivity contribution in [1.82, 2.24) is 9.97 Å². The Labute approximate surface area is 160 Å². The summed E-state index contributed by atoms with van der Waals surface area (Å²) in [5, 5.41) is 6.73. The summed E-state index contributed by atoms with van der Waals surface area (Å²) < 4.78 is 5.23. The Hall–Kier alpha value is -3.25. The van der Waals surface area contributed by atoms with Crippen LogP contribution < -0.4 is 10.1 Å². The van der Waals surface area contributed by atoms with Crippen LogP contribution in [0.15, 0.2) is 60.1 Å². The van der Waals surface area contributed by atoms with Crippen molar-refractivity contribution < 1.29 is 9.53 Å². The number of thiazole rings is 1. The number of hydrogen-bond donors (Lipinski definition) is 1. The largest absolute Gasteiger partial charge is 0.497 e. The number of anilines is 1. The molecule has 0 atom stereocenters. The Morgan fingerprint density at radius 2 is 1.93 bits per heavy atom. The van der Waals surface area contributed by atoms with E-state index in [0.717, 1.165) is 32.9 Å². The number of pyridine rings is 1. The molecule has 0 spiro atoms. The van der Waals surface area contributed by atoms with Crippen LogP contribution in [-0.4, -0.2) is 23.0 Å². The van der Waals surface area contributed by atoms with Crippen LogP contribution in [0.2, 0.25) is 0 Å². The average molecular weight is 375 g/mol. The summed E-state index contributed by atoms with van der Waals surface area (Å²) in [7, 11) is 1.62. The molecular weight excluding hydrogens is 358 g/mol. The number of aryl methyl sites for hydroxylation is 1. The Morgan fingerprint density at radius 3 is 2.63 bits per heavy atom. The number of aromatic nitrogens is 2. The molecule has 5 nitrogen and oxygen atoms in total. The molecule has 0 radical (unpaired) electrons. The molecule has 27 heavy (non-hydrogen) atoms. The number of methoxy groups -OCH3 is 1. The van der Waals surface area contributed by atoms with E-state index in [1.807, 2.05) is 60.8 Å². The molecule has 0 aliphatic heterocycles. The van der Waals surface area contributed by atoms with E-state index < -0.39 is 0 Å².